The number of pyridine rings is 1. The standard InChI is InChI=1S/C15H17ClN2O2/c1-3-15(19)17-7-6-10-8-14(16)18-13-5-4-11(20-2)9-12(10)13/h4-5,8-9H,3,6-7H2,1-2H3,(H,17,19). The van der Waals surface area contributed by atoms with Crippen LogP contribution in [-0.4, -0.2) is 24.5 Å². The first kappa shape index (κ1) is 14.6. The number of hydrogen-bond donors (Lipinski definition) is 1. The third kappa shape index (κ3) is 3.39. The molecule has 1 aromatic heterocycles. The number of nitrogens with one attached hydrogen (secondary N) is 1. The number of nitrogens with zero attached hydrogens (tertiary/aromatic N) is 1. The van der Waals surface area contributed by atoms with Gasteiger partial charge in [0, 0.05) is 18.4 Å². The van der Waals surface area contributed by atoms with E-state index in [9.17, 15) is 4.79 Å². The third-order valence-corrected chi connectivity index (χ3v) is 3.30. The smallest absolute Gasteiger partial charge is 0.219 e. The lowest BCUT2D eigenvalue weighted by Crippen LogP contribution is -2.24. The van der Waals surface area contributed by atoms with Gasteiger partial charge in [-0.2, -0.15) is 0 Å². The number of rotatable bonds is 5. The second-order valence-electron chi connectivity index (χ2n) is 4.44. The third-order valence-electron chi connectivity index (χ3n) is 3.11. The van der Waals surface area contributed by atoms with Gasteiger partial charge in [0.1, 0.15) is 10.9 Å². The van der Waals surface area contributed by atoms with Gasteiger partial charge >= 0.3 is 0 Å². The minimum atomic E-state index is 0.0482. The first-order valence-corrected chi connectivity index (χ1v) is 6.91. The van der Waals surface area contributed by atoms with E-state index < -0.39 is 0 Å². The van der Waals surface area contributed by atoms with Crippen LogP contribution in [0, 0.1) is 0 Å². The molecule has 20 heavy (non-hydrogen) atoms. The summed E-state index contributed by atoms with van der Waals surface area (Å²) in [6.07, 6.45) is 1.20. The predicted molar refractivity (Wildman–Crippen MR) is 80.3 cm³/mol. The maximum atomic E-state index is 11.3. The Bertz CT molecular complexity index is 629. The second kappa shape index (κ2) is 6.57. The molecule has 1 amide bonds. The number of fused-ring (bicyclic) bond motifs is 1. The summed E-state index contributed by atoms with van der Waals surface area (Å²) < 4.78 is 5.24. The van der Waals surface area contributed by atoms with Gasteiger partial charge in [-0.1, -0.05) is 18.5 Å². The summed E-state index contributed by atoms with van der Waals surface area (Å²) >= 11 is 6.04. The molecule has 0 fully saturated rings. The van der Waals surface area contributed by atoms with Crippen molar-refractivity contribution in [3.05, 3.63) is 35.0 Å². The van der Waals surface area contributed by atoms with Crippen LogP contribution in [-0.2, 0) is 11.2 Å². The normalized spacial score (nSPS) is 10.6. The SMILES string of the molecule is CCC(=O)NCCc1cc(Cl)nc2ccc(OC)cc12. The second-order valence-corrected chi connectivity index (χ2v) is 4.83. The number of hydrogen-bond acceptors (Lipinski definition) is 3. The predicted octanol–water partition coefficient (Wildman–Crippen LogP) is 2.97. The minimum absolute atomic E-state index is 0.0482. The molecule has 4 nitrogen and oxygen atoms in total. The van der Waals surface area contributed by atoms with E-state index in [2.05, 4.69) is 10.3 Å². The van der Waals surface area contributed by atoms with Crippen LogP contribution in [0.25, 0.3) is 10.9 Å². The Labute approximate surface area is 123 Å². The van der Waals surface area contributed by atoms with Crippen molar-refractivity contribution in [1.29, 1.82) is 0 Å². The highest BCUT2D eigenvalue weighted by molar-refractivity contribution is 6.29. The molecule has 0 spiro atoms. The molecule has 0 unspecified atom stereocenters. The van der Waals surface area contributed by atoms with E-state index in [1.807, 2.05) is 31.2 Å². The molecule has 0 bridgehead atoms. The largest absolute Gasteiger partial charge is 0.497 e. The molecule has 0 saturated heterocycles. The summed E-state index contributed by atoms with van der Waals surface area (Å²) in [5.41, 5.74) is 1.88. The van der Waals surface area contributed by atoms with Crippen molar-refractivity contribution in [3.8, 4) is 5.75 Å². The summed E-state index contributed by atoms with van der Waals surface area (Å²) in [4.78, 5) is 15.6. The van der Waals surface area contributed by atoms with Crippen LogP contribution in [0.15, 0.2) is 24.3 Å². The van der Waals surface area contributed by atoms with Crippen molar-refractivity contribution in [2.75, 3.05) is 13.7 Å². The molecule has 106 valence electrons. The molecule has 0 aliphatic carbocycles. The molecule has 2 rings (SSSR count). The molecule has 1 heterocycles. The quantitative estimate of drug-likeness (QED) is 0.862. The monoisotopic (exact) mass is 292 g/mol. The van der Waals surface area contributed by atoms with Gasteiger partial charge in [0.2, 0.25) is 5.91 Å². The van der Waals surface area contributed by atoms with Crippen molar-refractivity contribution in [1.82, 2.24) is 10.3 Å². The molecule has 0 aliphatic heterocycles. The van der Waals surface area contributed by atoms with Gasteiger partial charge in [0.25, 0.3) is 0 Å². The first-order valence-electron chi connectivity index (χ1n) is 6.54. The number of amides is 1. The van der Waals surface area contributed by atoms with Crippen LogP contribution in [0.1, 0.15) is 18.9 Å². The van der Waals surface area contributed by atoms with Gasteiger partial charge in [-0.25, -0.2) is 4.98 Å². The Morgan fingerprint density at radius 1 is 1.40 bits per heavy atom. The van der Waals surface area contributed by atoms with Crippen LogP contribution < -0.4 is 10.1 Å². The topological polar surface area (TPSA) is 51.2 Å². The average Bonchev–Trinajstić information content (AvgIpc) is 2.46. The first-order chi connectivity index (χ1) is 9.63. The number of carbonyl (C=O) groups is 1. The number of benzene rings is 1. The van der Waals surface area contributed by atoms with Crippen LogP contribution in [0.4, 0.5) is 0 Å². The molecule has 0 saturated carbocycles. The zero-order chi connectivity index (χ0) is 14.5. The lowest BCUT2D eigenvalue weighted by atomic mass is 10.1. The number of halogens is 1. The van der Waals surface area contributed by atoms with E-state index in [4.69, 9.17) is 16.3 Å². The number of aromatic nitrogens is 1. The van der Waals surface area contributed by atoms with E-state index in [0.717, 1.165) is 22.2 Å². The lowest BCUT2D eigenvalue weighted by molar-refractivity contribution is -0.120. The Hall–Kier alpha value is -1.81. The molecule has 1 aromatic carbocycles. The number of ether oxygens (including phenoxy) is 1. The van der Waals surface area contributed by atoms with Gasteiger partial charge in [0.15, 0.2) is 0 Å². The zero-order valence-corrected chi connectivity index (χ0v) is 12.3. The Morgan fingerprint density at radius 2 is 2.20 bits per heavy atom. The Kier molecular flexibility index (Phi) is 4.79. The minimum Gasteiger partial charge on any atom is -0.497 e. The Balaban J connectivity index is 2.28. The molecular formula is C15H17ClN2O2. The molecule has 2 aromatic rings. The fourth-order valence-corrected chi connectivity index (χ4v) is 2.26. The van der Waals surface area contributed by atoms with Crippen LogP contribution in [0.3, 0.4) is 0 Å². The van der Waals surface area contributed by atoms with Gasteiger partial charge in [-0.3, -0.25) is 4.79 Å². The van der Waals surface area contributed by atoms with Crippen LogP contribution in [0.5, 0.6) is 5.75 Å². The van der Waals surface area contributed by atoms with Crippen molar-refractivity contribution in [2.24, 2.45) is 0 Å². The summed E-state index contributed by atoms with van der Waals surface area (Å²) in [5, 5.41) is 4.32. The maximum Gasteiger partial charge on any atom is 0.219 e. The summed E-state index contributed by atoms with van der Waals surface area (Å²) in [5.74, 6) is 0.826. The van der Waals surface area contributed by atoms with E-state index in [1.165, 1.54) is 0 Å². The highest BCUT2D eigenvalue weighted by Gasteiger charge is 2.07. The molecule has 0 atom stereocenters. The fraction of sp³-hybridized carbons (Fsp3) is 0.333. The molecule has 1 N–H and O–H groups in total. The maximum absolute atomic E-state index is 11.3. The van der Waals surface area contributed by atoms with Gasteiger partial charge in [-0.15, -0.1) is 0 Å². The van der Waals surface area contributed by atoms with Crippen molar-refractivity contribution >= 4 is 28.4 Å². The number of methoxy groups -OCH3 is 1. The molecular weight excluding hydrogens is 276 g/mol. The lowest BCUT2D eigenvalue weighted by Gasteiger charge is -2.09. The van der Waals surface area contributed by atoms with Crippen molar-refractivity contribution < 1.29 is 9.53 Å². The summed E-state index contributed by atoms with van der Waals surface area (Å²) in [7, 11) is 1.63. The number of carbonyl (C=O) groups excluding carboxylic acids is 1. The zero-order valence-electron chi connectivity index (χ0n) is 11.6. The van der Waals surface area contributed by atoms with Crippen molar-refractivity contribution in [2.45, 2.75) is 19.8 Å². The van der Waals surface area contributed by atoms with Gasteiger partial charge in [-0.05, 0) is 36.2 Å². The summed E-state index contributed by atoms with van der Waals surface area (Å²) in [6.45, 7) is 2.41. The Morgan fingerprint density at radius 3 is 2.90 bits per heavy atom. The van der Waals surface area contributed by atoms with Gasteiger partial charge < -0.3 is 10.1 Å². The summed E-state index contributed by atoms with van der Waals surface area (Å²) in [6, 6.07) is 7.51. The van der Waals surface area contributed by atoms with E-state index in [1.54, 1.807) is 7.11 Å². The molecule has 0 aliphatic rings. The van der Waals surface area contributed by atoms with E-state index >= 15 is 0 Å². The van der Waals surface area contributed by atoms with Crippen LogP contribution >= 0.6 is 11.6 Å². The highest BCUT2D eigenvalue weighted by Crippen LogP contribution is 2.25. The van der Waals surface area contributed by atoms with Crippen molar-refractivity contribution in [3.63, 3.8) is 0 Å². The van der Waals surface area contributed by atoms with Gasteiger partial charge in [0.05, 0.1) is 12.6 Å². The fourth-order valence-electron chi connectivity index (χ4n) is 2.03. The molecule has 5 heteroatoms. The van der Waals surface area contributed by atoms with Crippen LogP contribution in [0.2, 0.25) is 5.15 Å². The average molecular weight is 293 g/mol. The van der Waals surface area contributed by atoms with E-state index in [0.29, 0.717) is 24.5 Å². The van der Waals surface area contributed by atoms with E-state index in [-0.39, 0.29) is 5.91 Å². The molecule has 0 radical (unpaired) electrons. The highest BCUT2D eigenvalue weighted by atomic mass is 35.5.